The molecule has 19 heavy (non-hydrogen) atoms. The lowest BCUT2D eigenvalue weighted by Gasteiger charge is -2.27. The SMILES string of the molecule is Cc1cc(C(=O)[C@@H]2CCCC[C@@H]2C(=O)O)ccc1F. The maximum Gasteiger partial charge on any atom is 0.307 e. The summed E-state index contributed by atoms with van der Waals surface area (Å²) in [7, 11) is 0. The van der Waals surface area contributed by atoms with E-state index in [0.29, 0.717) is 24.0 Å². The highest BCUT2D eigenvalue weighted by Crippen LogP contribution is 2.33. The van der Waals surface area contributed by atoms with Crippen molar-refractivity contribution in [2.45, 2.75) is 32.6 Å². The van der Waals surface area contributed by atoms with Crippen molar-refractivity contribution in [1.29, 1.82) is 0 Å². The minimum atomic E-state index is -0.906. The summed E-state index contributed by atoms with van der Waals surface area (Å²) in [4.78, 5) is 23.6. The van der Waals surface area contributed by atoms with Gasteiger partial charge < -0.3 is 5.11 Å². The molecule has 0 aliphatic heterocycles. The predicted octanol–water partition coefficient (Wildman–Crippen LogP) is 3.21. The van der Waals surface area contributed by atoms with Gasteiger partial charge in [-0.25, -0.2) is 4.39 Å². The Labute approximate surface area is 111 Å². The van der Waals surface area contributed by atoms with E-state index in [1.165, 1.54) is 18.2 Å². The molecule has 0 unspecified atom stereocenters. The van der Waals surface area contributed by atoms with Gasteiger partial charge in [-0.05, 0) is 43.5 Å². The number of benzene rings is 1. The van der Waals surface area contributed by atoms with Crippen molar-refractivity contribution in [3.63, 3.8) is 0 Å². The number of carbonyl (C=O) groups excluding carboxylic acids is 1. The van der Waals surface area contributed by atoms with Gasteiger partial charge in [-0.1, -0.05) is 12.8 Å². The van der Waals surface area contributed by atoms with Gasteiger partial charge in [0, 0.05) is 11.5 Å². The Hall–Kier alpha value is -1.71. The van der Waals surface area contributed by atoms with E-state index in [1.807, 2.05) is 0 Å². The molecular formula is C15H17FO3. The van der Waals surface area contributed by atoms with E-state index in [2.05, 4.69) is 0 Å². The Morgan fingerprint density at radius 1 is 1.21 bits per heavy atom. The molecule has 0 bridgehead atoms. The van der Waals surface area contributed by atoms with Crippen LogP contribution < -0.4 is 0 Å². The summed E-state index contributed by atoms with van der Waals surface area (Å²) >= 11 is 0. The minimum absolute atomic E-state index is 0.171. The molecule has 1 fully saturated rings. The summed E-state index contributed by atoms with van der Waals surface area (Å²) in [6, 6.07) is 4.21. The van der Waals surface area contributed by atoms with Crippen LogP contribution in [-0.2, 0) is 4.79 Å². The van der Waals surface area contributed by atoms with Crippen LogP contribution in [0.5, 0.6) is 0 Å². The molecule has 0 heterocycles. The molecule has 2 atom stereocenters. The van der Waals surface area contributed by atoms with Crippen molar-refractivity contribution in [3.05, 3.63) is 35.1 Å². The highest BCUT2D eigenvalue weighted by molar-refractivity contribution is 6.00. The number of halogens is 1. The minimum Gasteiger partial charge on any atom is -0.481 e. The summed E-state index contributed by atoms with van der Waals surface area (Å²) in [5.74, 6) is -2.51. The van der Waals surface area contributed by atoms with Crippen LogP contribution in [0.2, 0.25) is 0 Å². The molecule has 1 aliphatic rings. The number of carbonyl (C=O) groups is 2. The van der Waals surface area contributed by atoms with Crippen molar-refractivity contribution in [2.75, 3.05) is 0 Å². The van der Waals surface area contributed by atoms with Gasteiger partial charge in [0.25, 0.3) is 0 Å². The smallest absolute Gasteiger partial charge is 0.307 e. The Balaban J connectivity index is 2.26. The molecule has 0 spiro atoms. The fraction of sp³-hybridized carbons (Fsp3) is 0.467. The van der Waals surface area contributed by atoms with Crippen molar-refractivity contribution in [2.24, 2.45) is 11.8 Å². The van der Waals surface area contributed by atoms with Gasteiger partial charge >= 0.3 is 5.97 Å². The van der Waals surface area contributed by atoms with E-state index in [1.54, 1.807) is 6.92 Å². The number of rotatable bonds is 3. The van der Waals surface area contributed by atoms with Gasteiger partial charge in [0.15, 0.2) is 5.78 Å². The van der Waals surface area contributed by atoms with Crippen LogP contribution in [-0.4, -0.2) is 16.9 Å². The lowest BCUT2D eigenvalue weighted by molar-refractivity contribution is -0.144. The lowest BCUT2D eigenvalue weighted by atomic mass is 9.75. The maximum absolute atomic E-state index is 13.2. The van der Waals surface area contributed by atoms with Crippen molar-refractivity contribution in [3.8, 4) is 0 Å². The van der Waals surface area contributed by atoms with E-state index < -0.39 is 17.8 Å². The molecule has 2 rings (SSSR count). The second-order valence-corrected chi connectivity index (χ2v) is 5.16. The zero-order valence-corrected chi connectivity index (χ0v) is 10.9. The first kappa shape index (κ1) is 13.7. The van der Waals surface area contributed by atoms with Gasteiger partial charge in [-0.3, -0.25) is 9.59 Å². The average molecular weight is 264 g/mol. The van der Waals surface area contributed by atoms with Crippen LogP contribution in [0.1, 0.15) is 41.6 Å². The third kappa shape index (κ3) is 2.83. The van der Waals surface area contributed by atoms with E-state index in [-0.39, 0.29) is 11.6 Å². The molecule has 102 valence electrons. The van der Waals surface area contributed by atoms with E-state index >= 15 is 0 Å². The van der Waals surface area contributed by atoms with Crippen LogP contribution in [0.4, 0.5) is 4.39 Å². The van der Waals surface area contributed by atoms with Gasteiger partial charge in [-0.2, -0.15) is 0 Å². The van der Waals surface area contributed by atoms with Crippen LogP contribution in [0.3, 0.4) is 0 Å². The third-order valence-electron chi connectivity index (χ3n) is 3.86. The summed E-state index contributed by atoms with van der Waals surface area (Å²) in [5.41, 5.74) is 0.825. The quantitative estimate of drug-likeness (QED) is 0.853. The van der Waals surface area contributed by atoms with E-state index in [4.69, 9.17) is 0 Å². The first-order chi connectivity index (χ1) is 9.00. The second-order valence-electron chi connectivity index (χ2n) is 5.16. The molecule has 1 aromatic carbocycles. The molecule has 1 saturated carbocycles. The Morgan fingerprint density at radius 3 is 2.42 bits per heavy atom. The standard InChI is InChI=1S/C15H17FO3/c1-9-8-10(6-7-13(9)16)14(17)11-4-2-3-5-12(11)15(18)19/h6-8,11-12H,2-5H2,1H3,(H,18,19)/t11-,12+/m1/s1. The molecule has 0 aromatic heterocycles. The molecule has 0 amide bonds. The first-order valence-corrected chi connectivity index (χ1v) is 6.54. The van der Waals surface area contributed by atoms with Gasteiger partial charge in [0.2, 0.25) is 0 Å². The first-order valence-electron chi connectivity index (χ1n) is 6.54. The largest absolute Gasteiger partial charge is 0.481 e. The van der Waals surface area contributed by atoms with Gasteiger partial charge in [0.05, 0.1) is 5.92 Å². The number of aryl methyl sites for hydroxylation is 1. The molecule has 0 radical (unpaired) electrons. The number of aliphatic carboxylic acids is 1. The fourth-order valence-corrected chi connectivity index (χ4v) is 2.75. The molecule has 3 nitrogen and oxygen atoms in total. The highest BCUT2D eigenvalue weighted by Gasteiger charge is 2.36. The zero-order valence-electron chi connectivity index (χ0n) is 10.9. The Bertz CT molecular complexity index is 510. The summed E-state index contributed by atoms with van der Waals surface area (Å²) in [5, 5.41) is 9.19. The molecule has 1 aliphatic carbocycles. The Kier molecular flexibility index (Phi) is 3.98. The molecular weight excluding hydrogens is 247 g/mol. The normalized spacial score (nSPS) is 23.1. The summed E-state index contributed by atoms with van der Waals surface area (Å²) in [6.45, 7) is 1.60. The number of carboxylic acid groups (broad SMARTS) is 1. The zero-order chi connectivity index (χ0) is 14.0. The van der Waals surface area contributed by atoms with Crippen molar-refractivity contribution < 1.29 is 19.1 Å². The summed E-state index contributed by atoms with van der Waals surface area (Å²) in [6.07, 6.45) is 2.88. The van der Waals surface area contributed by atoms with Gasteiger partial charge in [-0.15, -0.1) is 0 Å². The fourth-order valence-electron chi connectivity index (χ4n) is 2.75. The molecule has 1 aromatic rings. The highest BCUT2D eigenvalue weighted by atomic mass is 19.1. The number of Topliss-reactive ketones (excluding diaryl/α,β-unsaturated/α-hetero) is 1. The number of ketones is 1. The molecule has 0 saturated heterocycles. The molecule has 1 N–H and O–H groups in total. The molecule has 4 heteroatoms. The van der Waals surface area contributed by atoms with Crippen LogP contribution in [0, 0.1) is 24.6 Å². The average Bonchev–Trinajstić information content (AvgIpc) is 2.41. The van der Waals surface area contributed by atoms with E-state index in [0.717, 1.165) is 12.8 Å². The predicted molar refractivity (Wildman–Crippen MR) is 68.6 cm³/mol. The Morgan fingerprint density at radius 2 is 1.84 bits per heavy atom. The van der Waals surface area contributed by atoms with Crippen LogP contribution in [0.15, 0.2) is 18.2 Å². The summed E-state index contributed by atoms with van der Waals surface area (Å²) < 4.78 is 13.2. The van der Waals surface area contributed by atoms with Crippen molar-refractivity contribution >= 4 is 11.8 Å². The van der Waals surface area contributed by atoms with Crippen LogP contribution >= 0.6 is 0 Å². The number of hydrogen-bond donors (Lipinski definition) is 1. The number of hydrogen-bond acceptors (Lipinski definition) is 2. The van der Waals surface area contributed by atoms with E-state index in [9.17, 15) is 19.1 Å². The third-order valence-corrected chi connectivity index (χ3v) is 3.86. The topological polar surface area (TPSA) is 54.4 Å². The maximum atomic E-state index is 13.2. The lowest BCUT2D eigenvalue weighted by Crippen LogP contribution is -2.32. The number of carboxylic acids is 1. The van der Waals surface area contributed by atoms with Crippen molar-refractivity contribution in [1.82, 2.24) is 0 Å². The second kappa shape index (κ2) is 5.51. The monoisotopic (exact) mass is 264 g/mol. The van der Waals surface area contributed by atoms with Gasteiger partial charge in [0.1, 0.15) is 5.82 Å². The van der Waals surface area contributed by atoms with Crippen LogP contribution in [0.25, 0.3) is 0 Å².